The molecule has 0 radical (unpaired) electrons. The summed E-state index contributed by atoms with van der Waals surface area (Å²) < 4.78 is 5.13. The normalized spacial score (nSPS) is 18.7. The van der Waals surface area contributed by atoms with Crippen LogP contribution in [-0.2, 0) is 16.0 Å². The van der Waals surface area contributed by atoms with Gasteiger partial charge in [-0.25, -0.2) is 0 Å². The lowest BCUT2D eigenvalue weighted by Crippen LogP contribution is -2.47. The monoisotopic (exact) mass is 327 g/mol. The zero-order valence-electron chi connectivity index (χ0n) is 12.8. The molecule has 7 nitrogen and oxygen atoms in total. The molecule has 22 heavy (non-hydrogen) atoms. The number of thioether (sulfide) groups is 1. The van der Waals surface area contributed by atoms with Gasteiger partial charge in [-0.05, 0) is 0 Å². The van der Waals surface area contributed by atoms with Crippen LogP contribution in [0.15, 0.2) is 4.52 Å². The van der Waals surface area contributed by atoms with Crippen LogP contribution in [0.2, 0.25) is 0 Å². The number of aryl methyl sites for hydroxylation is 1. The first-order valence-corrected chi connectivity index (χ1v) is 8.54. The Hall–Kier alpha value is -1.57. The maximum Gasteiger partial charge on any atom is 0.305 e. The molecule has 8 heteroatoms. The smallest absolute Gasteiger partial charge is 0.305 e. The first-order valence-electron chi connectivity index (χ1n) is 7.39. The Morgan fingerprint density at radius 3 is 2.91 bits per heavy atom. The second-order valence-corrected chi connectivity index (χ2v) is 6.76. The zero-order chi connectivity index (χ0) is 16.1. The number of carboxylic acid groups (broad SMARTS) is 1. The molecule has 1 saturated heterocycles. The van der Waals surface area contributed by atoms with Gasteiger partial charge in [0.05, 0.1) is 12.5 Å². The van der Waals surface area contributed by atoms with Crippen molar-refractivity contribution in [2.45, 2.75) is 45.1 Å². The van der Waals surface area contributed by atoms with Crippen molar-refractivity contribution in [1.29, 1.82) is 0 Å². The predicted molar refractivity (Wildman–Crippen MR) is 81.8 cm³/mol. The van der Waals surface area contributed by atoms with Crippen LogP contribution in [0, 0.1) is 0 Å². The molecule has 2 rings (SSSR count). The Balaban J connectivity index is 1.90. The number of aromatic nitrogens is 2. The molecule has 0 bridgehead atoms. The Morgan fingerprint density at radius 2 is 2.27 bits per heavy atom. The number of rotatable bonds is 6. The van der Waals surface area contributed by atoms with Crippen molar-refractivity contribution in [3.63, 3.8) is 0 Å². The van der Waals surface area contributed by atoms with Crippen molar-refractivity contribution in [3.05, 3.63) is 11.7 Å². The first-order chi connectivity index (χ1) is 10.5. The van der Waals surface area contributed by atoms with Crippen LogP contribution in [0.5, 0.6) is 0 Å². The van der Waals surface area contributed by atoms with E-state index in [1.807, 2.05) is 13.8 Å². The van der Waals surface area contributed by atoms with Crippen molar-refractivity contribution >= 4 is 23.6 Å². The minimum absolute atomic E-state index is 0.00318. The lowest BCUT2D eigenvalue weighted by Gasteiger charge is -2.34. The minimum Gasteiger partial charge on any atom is -0.481 e. The number of carbonyl (C=O) groups excluding carboxylic acids is 1. The van der Waals surface area contributed by atoms with Gasteiger partial charge in [0.15, 0.2) is 5.82 Å². The molecule has 1 aromatic rings. The fraction of sp³-hybridized carbons (Fsp3) is 0.714. The molecule has 1 aliphatic rings. The highest BCUT2D eigenvalue weighted by atomic mass is 32.2. The van der Waals surface area contributed by atoms with Gasteiger partial charge in [-0.2, -0.15) is 16.7 Å². The van der Waals surface area contributed by atoms with Crippen molar-refractivity contribution in [2.75, 3.05) is 18.1 Å². The van der Waals surface area contributed by atoms with Crippen molar-refractivity contribution in [1.82, 2.24) is 15.0 Å². The SMILES string of the molecule is CC(C)c1noc(CCC(=O)N2CCSCC2CC(=O)O)n1. The molecule has 0 spiro atoms. The van der Waals surface area contributed by atoms with Gasteiger partial charge in [0.1, 0.15) is 0 Å². The average Bonchev–Trinajstić information content (AvgIpc) is 2.94. The molecule has 1 aromatic heterocycles. The van der Waals surface area contributed by atoms with Crippen LogP contribution in [0.25, 0.3) is 0 Å². The van der Waals surface area contributed by atoms with Crippen LogP contribution in [-0.4, -0.2) is 56.1 Å². The number of carbonyl (C=O) groups is 2. The lowest BCUT2D eigenvalue weighted by atomic mass is 10.1. The fourth-order valence-electron chi connectivity index (χ4n) is 2.32. The van der Waals surface area contributed by atoms with E-state index in [4.69, 9.17) is 9.63 Å². The van der Waals surface area contributed by atoms with Gasteiger partial charge in [0.2, 0.25) is 11.8 Å². The summed E-state index contributed by atoms with van der Waals surface area (Å²) in [4.78, 5) is 29.2. The van der Waals surface area contributed by atoms with Gasteiger partial charge in [0, 0.05) is 36.8 Å². The van der Waals surface area contributed by atoms with E-state index in [1.165, 1.54) is 0 Å². The zero-order valence-corrected chi connectivity index (χ0v) is 13.6. The maximum atomic E-state index is 12.3. The Bertz CT molecular complexity index is 532. The maximum absolute atomic E-state index is 12.3. The third kappa shape index (κ3) is 4.46. The predicted octanol–water partition coefficient (Wildman–Crippen LogP) is 1.54. The number of hydrogen-bond donors (Lipinski definition) is 1. The van der Waals surface area contributed by atoms with Crippen molar-refractivity contribution < 1.29 is 19.2 Å². The molecular weight excluding hydrogens is 306 g/mol. The van der Waals surface area contributed by atoms with E-state index in [1.54, 1.807) is 16.7 Å². The molecule has 1 fully saturated rings. The second-order valence-electron chi connectivity index (χ2n) is 5.61. The summed E-state index contributed by atoms with van der Waals surface area (Å²) in [5.41, 5.74) is 0. The second kappa shape index (κ2) is 7.62. The first kappa shape index (κ1) is 16.8. The van der Waals surface area contributed by atoms with E-state index in [0.29, 0.717) is 30.4 Å². The van der Waals surface area contributed by atoms with E-state index in [-0.39, 0.29) is 30.7 Å². The Kier molecular flexibility index (Phi) is 5.82. The highest BCUT2D eigenvalue weighted by Gasteiger charge is 2.28. The van der Waals surface area contributed by atoms with Gasteiger partial charge in [-0.15, -0.1) is 0 Å². The summed E-state index contributed by atoms with van der Waals surface area (Å²) in [6.45, 7) is 4.55. The Morgan fingerprint density at radius 1 is 1.50 bits per heavy atom. The van der Waals surface area contributed by atoms with Crippen LogP contribution in [0.4, 0.5) is 0 Å². The molecule has 0 saturated carbocycles. The van der Waals surface area contributed by atoms with Gasteiger partial charge < -0.3 is 14.5 Å². The van der Waals surface area contributed by atoms with Crippen LogP contribution in [0.3, 0.4) is 0 Å². The van der Waals surface area contributed by atoms with Crippen molar-refractivity contribution in [3.8, 4) is 0 Å². The van der Waals surface area contributed by atoms with Gasteiger partial charge in [-0.1, -0.05) is 19.0 Å². The summed E-state index contributed by atoms with van der Waals surface area (Å²) in [5.74, 6) is 1.89. The Labute approximate surface area is 133 Å². The van der Waals surface area contributed by atoms with Gasteiger partial charge >= 0.3 is 5.97 Å². The summed E-state index contributed by atoms with van der Waals surface area (Å²) in [7, 11) is 0. The highest BCUT2D eigenvalue weighted by Crippen LogP contribution is 2.20. The molecule has 1 unspecified atom stereocenters. The third-order valence-electron chi connectivity index (χ3n) is 3.51. The standard InChI is InChI=1S/C14H21N3O4S/c1-9(2)14-15-11(21-16-14)3-4-12(18)17-5-6-22-8-10(17)7-13(19)20/h9-10H,3-8H2,1-2H3,(H,19,20). The fourth-order valence-corrected chi connectivity index (χ4v) is 3.38. The van der Waals surface area contributed by atoms with Gasteiger partial charge in [0.25, 0.3) is 0 Å². The summed E-state index contributed by atoms with van der Waals surface area (Å²) in [5, 5.41) is 12.8. The number of amides is 1. The largest absolute Gasteiger partial charge is 0.481 e. The lowest BCUT2D eigenvalue weighted by molar-refractivity contribution is -0.140. The topological polar surface area (TPSA) is 96.5 Å². The van der Waals surface area contributed by atoms with Crippen molar-refractivity contribution in [2.24, 2.45) is 0 Å². The molecule has 1 N–H and O–H groups in total. The molecule has 0 aliphatic carbocycles. The number of nitrogens with zero attached hydrogens (tertiary/aromatic N) is 3. The van der Waals surface area contributed by atoms with Crippen LogP contribution < -0.4 is 0 Å². The number of aliphatic carboxylic acids is 1. The number of hydrogen-bond acceptors (Lipinski definition) is 6. The molecule has 122 valence electrons. The van der Waals surface area contributed by atoms with E-state index in [0.717, 1.165) is 5.75 Å². The highest BCUT2D eigenvalue weighted by molar-refractivity contribution is 7.99. The molecule has 2 heterocycles. The minimum atomic E-state index is -0.872. The van der Waals surface area contributed by atoms with Crippen LogP contribution >= 0.6 is 11.8 Å². The molecule has 1 aliphatic heterocycles. The van der Waals surface area contributed by atoms with E-state index < -0.39 is 5.97 Å². The molecular formula is C14H21N3O4S. The third-order valence-corrected chi connectivity index (χ3v) is 4.60. The van der Waals surface area contributed by atoms with Crippen LogP contribution in [0.1, 0.15) is 44.3 Å². The molecule has 0 aromatic carbocycles. The molecule has 1 amide bonds. The van der Waals surface area contributed by atoms with E-state index in [9.17, 15) is 9.59 Å². The van der Waals surface area contributed by atoms with E-state index >= 15 is 0 Å². The summed E-state index contributed by atoms with van der Waals surface area (Å²) >= 11 is 1.69. The number of carboxylic acids is 1. The quantitative estimate of drug-likeness (QED) is 0.846. The summed E-state index contributed by atoms with van der Waals surface area (Å²) in [6, 6.07) is -0.224. The average molecular weight is 327 g/mol. The van der Waals surface area contributed by atoms with Gasteiger partial charge in [-0.3, -0.25) is 9.59 Å². The van der Waals surface area contributed by atoms with E-state index in [2.05, 4.69) is 10.1 Å². The summed E-state index contributed by atoms with van der Waals surface area (Å²) in [6.07, 6.45) is 0.652. The molecule has 1 atom stereocenters.